The van der Waals surface area contributed by atoms with E-state index in [2.05, 4.69) is 0 Å². The van der Waals surface area contributed by atoms with Crippen molar-refractivity contribution >= 4 is 5.91 Å². The molecule has 1 spiro atoms. The Morgan fingerprint density at radius 2 is 1.96 bits per heavy atom. The summed E-state index contributed by atoms with van der Waals surface area (Å²) < 4.78 is 18.8. The Morgan fingerprint density at radius 1 is 1.26 bits per heavy atom. The molecule has 3 rings (SSSR count). The molecule has 6 nitrogen and oxygen atoms in total. The lowest BCUT2D eigenvalue weighted by molar-refractivity contribution is -0.185. The molecule has 1 aromatic carbocycles. The van der Waals surface area contributed by atoms with Gasteiger partial charge >= 0.3 is 0 Å². The van der Waals surface area contributed by atoms with E-state index in [1.54, 1.807) is 4.90 Å². The van der Waals surface area contributed by atoms with Crippen LogP contribution in [0.3, 0.4) is 0 Å². The Morgan fingerprint density at radius 3 is 2.57 bits per heavy atom. The van der Waals surface area contributed by atoms with Crippen molar-refractivity contribution in [2.45, 2.75) is 37.1 Å². The summed E-state index contributed by atoms with van der Waals surface area (Å²) in [4.78, 5) is 14.0. The van der Waals surface area contributed by atoms with Crippen molar-refractivity contribution in [1.82, 2.24) is 4.90 Å². The van der Waals surface area contributed by atoms with Crippen LogP contribution in [0.25, 0.3) is 0 Å². The molecule has 2 fully saturated rings. The second-order valence-electron chi connectivity index (χ2n) is 6.29. The third kappa shape index (κ3) is 3.17. The fourth-order valence-electron chi connectivity index (χ4n) is 3.24. The molecule has 3 N–H and O–H groups in total. The highest BCUT2D eigenvalue weighted by Gasteiger charge is 2.43. The third-order valence-electron chi connectivity index (χ3n) is 4.74. The first kappa shape index (κ1) is 16.2. The van der Waals surface area contributed by atoms with Crippen LogP contribution >= 0.6 is 0 Å². The van der Waals surface area contributed by atoms with Crippen molar-refractivity contribution in [3.05, 3.63) is 29.6 Å². The van der Waals surface area contributed by atoms with E-state index in [1.807, 2.05) is 0 Å². The predicted octanol–water partition coefficient (Wildman–Crippen LogP) is 0.648. The normalized spacial score (nSPS) is 27.2. The Hall–Kier alpha value is -1.70. The van der Waals surface area contributed by atoms with Crippen LogP contribution in [0.4, 0.5) is 4.39 Å². The SMILES string of the molecule is O=C(c1ccc(F)c(O)c1)N1CCC2(CC1)C[C@@H](O)[C@@H](O)CO2. The lowest BCUT2D eigenvalue weighted by Gasteiger charge is -2.46. The second kappa shape index (κ2) is 6.07. The van der Waals surface area contributed by atoms with Crippen molar-refractivity contribution in [3.8, 4) is 5.75 Å². The van der Waals surface area contributed by atoms with Crippen molar-refractivity contribution in [2.75, 3.05) is 19.7 Å². The molecule has 2 saturated heterocycles. The van der Waals surface area contributed by atoms with Gasteiger partial charge in [-0.3, -0.25) is 4.79 Å². The zero-order valence-electron chi connectivity index (χ0n) is 12.6. The zero-order valence-corrected chi connectivity index (χ0v) is 12.6. The molecule has 2 aliphatic heterocycles. The van der Waals surface area contributed by atoms with E-state index in [1.165, 1.54) is 6.07 Å². The smallest absolute Gasteiger partial charge is 0.253 e. The van der Waals surface area contributed by atoms with Crippen LogP contribution in [0.1, 0.15) is 29.6 Å². The first-order valence-electron chi connectivity index (χ1n) is 7.68. The molecule has 0 bridgehead atoms. The van der Waals surface area contributed by atoms with Crippen LogP contribution in [0.15, 0.2) is 18.2 Å². The van der Waals surface area contributed by atoms with E-state index in [9.17, 15) is 24.5 Å². The number of halogens is 1. The number of aliphatic hydroxyl groups excluding tert-OH is 2. The summed E-state index contributed by atoms with van der Waals surface area (Å²) in [6.07, 6.45) is -0.179. The molecule has 126 valence electrons. The highest BCUT2D eigenvalue weighted by molar-refractivity contribution is 5.94. The number of likely N-dealkylation sites (tertiary alicyclic amines) is 1. The van der Waals surface area contributed by atoms with Gasteiger partial charge in [0.1, 0.15) is 6.10 Å². The summed E-state index contributed by atoms with van der Waals surface area (Å²) >= 11 is 0. The van der Waals surface area contributed by atoms with Crippen LogP contribution in [0, 0.1) is 5.82 Å². The monoisotopic (exact) mass is 325 g/mol. The molecule has 1 aromatic rings. The first-order valence-corrected chi connectivity index (χ1v) is 7.68. The molecule has 0 aliphatic carbocycles. The van der Waals surface area contributed by atoms with Gasteiger partial charge in [0, 0.05) is 25.1 Å². The maximum absolute atomic E-state index is 13.1. The number of piperidine rings is 1. The predicted molar refractivity (Wildman–Crippen MR) is 78.5 cm³/mol. The highest BCUT2D eigenvalue weighted by Crippen LogP contribution is 2.35. The van der Waals surface area contributed by atoms with E-state index >= 15 is 0 Å². The van der Waals surface area contributed by atoms with Crippen LogP contribution < -0.4 is 0 Å². The van der Waals surface area contributed by atoms with E-state index in [4.69, 9.17) is 4.74 Å². The van der Waals surface area contributed by atoms with Crippen molar-refractivity contribution in [3.63, 3.8) is 0 Å². The number of phenolic OH excluding ortho intramolecular Hbond substituents is 1. The Balaban J connectivity index is 1.64. The standard InChI is InChI=1S/C16H20FNO5/c17-11-2-1-10(7-12(11)19)15(22)18-5-3-16(4-6-18)8-13(20)14(21)9-23-16/h1-2,7,13-14,19-21H,3-6,8-9H2/t13-,14+/m1/s1. The number of hydrogen-bond donors (Lipinski definition) is 3. The van der Waals surface area contributed by atoms with Gasteiger partial charge in [-0.2, -0.15) is 0 Å². The Labute approximate surface area is 133 Å². The maximum atomic E-state index is 13.1. The summed E-state index contributed by atoms with van der Waals surface area (Å²) in [7, 11) is 0. The fraction of sp³-hybridized carbons (Fsp3) is 0.562. The Bertz CT molecular complexity index is 600. The van der Waals surface area contributed by atoms with E-state index < -0.39 is 29.4 Å². The minimum Gasteiger partial charge on any atom is -0.505 e. The van der Waals surface area contributed by atoms with E-state index in [0.29, 0.717) is 32.4 Å². The molecule has 23 heavy (non-hydrogen) atoms. The van der Waals surface area contributed by atoms with Crippen LogP contribution in [0.2, 0.25) is 0 Å². The van der Waals surface area contributed by atoms with Gasteiger partial charge in [-0.1, -0.05) is 0 Å². The molecular formula is C16H20FNO5. The van der Waals surface area contributed by atoms with Crippen LogP contribution in [0.5, 0.6) is 5.75 Å². The van der Waals surface area contributed by atoms with Gasteiger partial charge in [-0.15, -0.1) is 0 Å². The molecule has 7 heteroatoms. The van der Waals surface area contributed by atoms with Crippen LogP contribution in [-0.2, 0) is 4.74 Å². The van der Waals surface area contributed by atoms with Gasteiger partial charge in [0.15, 0.2) is 11.6 Å². The minimum absolute atomic E-state index is 0.0982. The van der Waals surface area contributed by atoms with Gasteiger partial charge in [0.05, 0.1) is 18.3 Å². The Kier molecular flexibility index (Phi) is 4.27. The van der Waals surface area contributed by atoms with Crippen molar-refractivity contribution in [1.29, 1.82) is 0 Å². The number of aliphatic hydroxyl groups is 2. The molecule has 1 amide bonds. The summed E-state index contributed by atoms with van der Waals surface area (Å²) in [6.45, 7) is 0.987. The molecule has 2 atom stereocenters. The largest absolute Gasteiger partial charge is 0.505 e. The number of carbonyl (C=O) groups excluding carboxylic acids is 1. The summed E-state index contributed by atoms with van der Waals surface area (Å²) in [5.41, 5.74) is -0.264. The van der Waals surface area contributed by atoms with Crippen LogP contribution in [-0.4, -0.2) is 63.6 Å². The van der Waals surface area contributed by atoms with Crippen molar-refractivity contribution in [2.24, 2.45) is 0 Å². The van der Waals surface area contributed by atoms with Gasteiger partial charge in [0.25, 0.3) is 5.91 Å². The molecular weight excluding hydrogens is 305 g/mol. The van der Waals surface area contributed by atoms with E-state index in [-0.39, 0.29) is 18.1 Å². The van der Waals surface area contributed by atoms with E-state index in [0.717, 1.165) is 12.1 Å². The number of carbonyl (C=O) groups is 1. The average molecular weight is 325 g/mol. The zero-order chi connectivity index (χ0) is 16.6. The molecule has 0 radical (unpaired) electrons. The lowest BCUT2D eigenvalue weighted by Crippen LogP contribution is -2.55. The molecule has 0 saturated carbocycles. The maximum Gasteiger partial charge on any atom is 0.253 e. The van der Waals surface area contributed by atoms with Gasteiger partial charge in [-0.05, 0) is 31.0 Å². The number of benzene rings is 1. The topological polar surface area (TPSA) is 90.2 Å². The minimum atomic E-state index is -0.859. The molecule has 0 aromatic heterocycles. The number of ether oxygens (including phenoxy) is 1. The third-order valence-corrected chi connectivity index (χ3v) is 4.74. The molecule has 0 unspecified atom stereocenters. The lowest BCUT2D eigenvalue weighted by atomic mass is 9.82. The number of amides is 1. The molecule has 2 heterocycles. The van der Waals surface area contributed by atoms with Gasteiger partial charge < -0.3 is 25.0 Å². The summed E-state index contributed by atoms with van der Waals surface area (Å²) in [5, 5.41) is 28.7. The van der Waals surface area contributed by atoms with Gasteiger partial charge in [-0.25, -0.2) is 4.39 Å². The van der Waals surface area contributed by atoms with Gasteiger partial charge in [0.2, 0.25) is 0 Å². The average Bonchev–Trinajstić information content (AvgIpc) is 2.54. The quantitative estimate of drug-likeness (QED) is 0.705. The fourth-order valence-corrected chi connectivity index (χ4v) is 3.24. The number of nitrogens with zero attached hydrogens (tertiary/aromatic N) is 1. The molecule has 2 aliphatic rings. The number of hydrogen-bond acceptors (Lipinski definition) is 5. The number of rotatable bonds is 1. The second-order valence-corrected chi connectivity index (χ2v) is 6.29. The number of aromatic hydroxyl groups is 1. The first-order chi connectivity index (χ1) is 10.9. The summed E-state index contributed by atoms with van der Waals surface area (Å²) in [6, 6.07) is 3.54. The number of phenols is 1. The highest BCUT2D eigenvalue weighted by atomic mass is 19.1. The van der Waals surface area contributed by atoms with Crippen molar-refractivity contribution < 1.29 is 29.2 Å². The summed E-state index contributed by atoms with van der Waals surface area (Å²) in [5.74, 6) is -1.58.